The van der Waals surface area contributed by atoms with E-state index in [-0.39, 0.29) is 64.3 Å². The number of benzene rings is 2. The van der Waals surface area contributed by atoms with Gasteiger partial charge in [0.15, 0.2) is 5.54 Å². The Hall–Kier alpha value is -6.44. The molecule has 7 amide bonds. The highest BCUT2D eigenvalue weighted by molar-refractivity contribution is 5.96. The van der Waals surface area contributed by atoms with Crippen molar-refractivity contribution < 1.29 is 62.4 Å². The molecule has 0 bridgehead atoms. The van der Waals surface area contributed by atoms with E-state index in [1.807, 2.05) is 19.9 Å². The summed E-state index contributed by atoms with van der Waals surface area (Å²) in [5.41, 5.74) is -2.85. The lowest BCUT2D eigenvalue weighted by atomic mass is 9.99. The first-order chi connectivity index (χ1) is 33.6. The molecule has 2 aromatic rings. The summed E-state index contributed by atoms with van der Waals surface area (Å²) < 4.78 is 21.5. The lowest BCUT2D eigenvalue weighted by molar-refractivity contribution is -0.152. The van der Waals surface area contributed by atoms with E-state index in [1.165, 1.54) is 4.90 Å². The molecule has 400 valence electrons. The van der Waals surface area contributed by atoms with E-state index in [4.69, 9.17) is 18.9 Å². The minimum Gasteiger partial charge on any atom is -0.461 e. The van der Waals surface area contributed by atoms with Crippen molar-refractivity contribution in [3.63, 3.8) is 0 Å². The maximum absolute atomic E-state index is 14.6. The first kappa shape index (κ1) is 59.9. The molecule has 0 saturated carbocycles. The number of unbranched alkanes of at least 4 members (excludes halogenated alkanes) is 1. The number of alkyl carbamates (subject to hydrolysis) is 3. The SMILES string of the molecule is CC(C)C[C@@H](NC(=O)[C@@H](Cc1ccccc1)NC(=O)[C@@H](Cc1ccccc1)NC(=O)OC(C)(C)C)C(=O)N[C@H](CCCCNC(=O)OC(C)(C)C)C(=O)N1CCC(NC(=O)OC(C)(C)C)(C(=O)OCCO)C1. The van der Waals surface area contributed by atoms with Gasteiger partial charge in [0, 0.05) is 32.4 Å². The number of esters is 1. The Labute approximate surface area is 424 Å². The smallest absolute Gasteiger partial charge is 0.408 e. The highest BCUT2D eigenvalue weighted by atomic mass is 16.6. The third-order valence-corrected chi connectivity index (χ3v) is 10.8. The second kappa shape index (κ2) is 27.4. The number of nitrogens with one attached hydrogen (secondary N) is 6. The highest BCUT2D eigenvalue weighted by Gasteiger charge is 2.50. The van der Waals surface area contributed by atoms with E-state index < -0.39 is 101 Å². The van der Waals surface area contributed by atoms with Crippen molar-refractivity contribution in [2.45, 2.75) is 168 Å². The Bertz CT molecular complexity index is 2120. The van der Waals surface area contributed by atoms with Crippen LogP contribution < -0.4 is 31.9 Å². The summed E-state index contributed by atoms with van der Waals surface area (Å²) in [7, 11) is 0. The van der Waals surface area contributed by atoms with Crippen molar-refractivity contribution in [1.29, 1.82) is 0 Å². The zero-order chi connectivity index (χ0) is 53.9. The van der Waals surface area contributed by atoms with Crippen molar-refractivity contribution in [3.8, 4) is 0 Å². The minimum absolute atomic E-state index is 0.00610. The molecule has 1 heterocycles. The molecule has 1 saturated heterocycles. The van der Waals surface area contributed by atoms with Crippen molar-refractivity contribution >= 4 is 47.9 Å². The van der Waals surface area contributed by atoms with Crippen molar-refractivity contribution in [1.82, 2.24) is 36.8 Å². The number of likely N-dealkylation sites (tertiary alicyclic amines) is 1. The van der Waals surface area contributed by atoms with Gasteiger partial charge in [0.25, 0.3) is 0 Å². The Morgan fingerprint density at radius 1 is 0.625 bits per heavy atom. The van der Waals surface area contributed by atoms with E-state index in [9.17, 15) is 43.5 Å². The molecule has 2 aromatic carbocycles. The molecule has 0 aliphatic carbocycles. The number of hydrogen-bond acceptors (Lipinski definition) is 13. The molecule has 1 fully saturated rings. The van der Waals surface area contributed by atoms with Crippen LogP contribution in [0.25, 0.3) is 0 Å². The third kappa shape index (κ3) is 21.9. The Balaban J connectivity index is 1.95. The van der Waals surface area contributed by atoms with Crippen LogP contribution in [0.1, 0.15) is 119 Å². The Kier molecular flexibility index (Phi) is 22.8. The fourth-order valence-electron chi connectivity index (χ4n) is 7.64. The summed E-state index contributed by atoms with van der Waals surface area (Å²) in [6.07, 6.45) is -1.54. The third-order valence-electron chi connectivity index (χ3n) is 10.8. The van der Waals surface area contributed by atoms with Crippen LogP contribution in [0.15, 0.2) is 60.7 Å². The van der Waals surface area contributed by atoms with E-state index in [0.29, 0.717) is 18.4 Å². The predicted molar refractivity (Wildman–Crippen MR) is 268 cm³/mol. The van der Waals surface area contributed by atoms with E-state index in [2.05, 4.69) is 31.9 Å². The molecule has 0 spiro atoms. The largest absolute Gasteiger partial charge is 0.461 e. The normalized spacial score (nSPS) is 16.5. The van der Waals surface area contributed by atoms with Gasteiger partial charge in [-0.05, 0) is 105 Å². The van der Waals surface area contributed by atoms with Crippen LogP contribution in [0.3, 0.4) is 0 Å². The standard InChI is InChI=1S/C52H79N7O13/c1-34(2)30-38(55-42(62)39(31-35-20-14-12-15-21-35)56-43(63)40(32-36-22-16-13-17-23-36)57-47(67)71-50(6,7)8)41(61)54-37(24-18-19-26-53-46(66)70-49(3,4)5)44(64)59-27-25-52(33-59,45(65)69-29-28-60)58-48(68)72-51(9,10)11/h12-17,20-23,34,37-40,60H,18-19,24-33H2,1-11H3,(H,53,66)(H,54,61)(H,55,62)(H,56,63)(H,57,67)(H,58,68)/t37-,38-,39-,40-,52?/m1/s1. The lowest BCUT2D eigenvalue weighted by Crippen LogP contribution is -2.60. The number of rotatable bonds is 23. The van der Waals surface area contributed by atoms with Gasteiger partial charge >= 0.3 is 24.2 Å². The Morgan fingerprint density at radius 3 is 1.61 bits per heavy atom. The fourth-order valence-corrected chi connectivity index (χ4v) is 7.64. The first-order valence-electron chi connectivity index (χ1n) is 24.6. The molecule has 0 aromatic heterocycles. The summed E-state index contributed by atoms with van der Waals surface area (Å²) in [6, 6.07) is 13.1. The summed E-state index contributed by atoms with van der Waals surface area (Å²) >= 11 is 0. The van der Waals surface area contributed by atoms with Gasteiger partial charge < -0.3 is 60.9 Å². The second-order valence-electron chi connectivity index (χ2n) is 21.4. The maximum Gasteiger partial charge on any atom is 0.408 e. The molecule has 20 nitrogen and oxygen atoms in total. The van der Waals surface area contributed by atoms with Crippen molar-refractivity contribution in [3.05, 3.63) is 71.8 Å². The van der Waals surface area contributed by atoms with Gasteiger partial charge in [0.1, 0.15) is 47.6 Å². The first-order valence-corrected chi connectivity index (χ1v) is 24.6. The van der Waals surface area contributed by atoms with E-state index in [0.717, 1.165) is 5.56 Å². The number of hydrogen-bond donors (Lipinski definition) is 7. The molecule has 72 heavy (non-hydrogen) atoms. The van der Waals surface area contributed by atoms with E-state index >= 15 is 0 Å². The van der Waals surface area contributed by atoms with Crippen LogP contribution in [-0.4, -0.2) is 137 Å². The number of amides is 7. The molecular weight excluding hydrogens is 931 g/mol. The lowest BCUT2D eigenvalue weighted by Gasteiger charge is -2.31. The van der Waals surface area contributed by atoms with Crippen LogP contribution in [0.2, 0.25) is 0 Å². The minimum atomic E-state index is -1.76. The number of aliphatic hydroxyl groups is 1. The molecule has 0 radical (unpaired) electrons. The van der Waals surface area contributed by atoms with Gasteiger partial charge in [0.05, 0.1) is 13.2 Å². The summed E-state index contributed by atoms with van der Waals surface area (Å²) in [5.74, 6) is -3.75. The number of carbonyl (C=O) groups is 8. The second-order valence-corrected chi connectivity index (χ2v) is 21.4. The van der Waals surface area contributed by atoms with Gasteiger partial charge in [-0.25, -0.2) is 19.2 Å². The average Bonchev–Trinajstić information content (AvgIpc) is 3.70. The highest BCUT2D eigenvalue weighted by Crippen LogP contribution is 2.26. The van der Waals surface area contributed by atoms with Gasteiger partial charge in [-0.1, -0.05) is 74.5 Å². The quantitative estimate of drug-likeness (QED) is 0.0457. The molecule has 5 atom stereocenters. The molecule has 1 aliphatic heterocycles. The maximum atomic E-state index is 14.6. The van der Waals surface area contributed by atoms with Crippen molar-refractivity contribution in [2.24, 2.45) is 5.92 Å². The number of carbonyl (C=O) groups excluding carboxylic acids is 8. The zero-order valence-corrected chi connectivity index (χ0v) is 43.9. The molecule has 1 unspecified atom stereocenters. The predicted octanol–water partition coefficient (Wildman–Crippen LogP) is 4.59. The zero-order valence-electron chi connectivity index (χ0n) is 43.9. The molecule has 20 heteroatoms. The summed E-state index contributed by atoms with van der Waals surface area (Å²) in [4.78, 5) is 111. The van der Waals surface area contributed by atoms with Gasteiger partial charge in [-0.2, -0.15) is 0 Å². The van der Waals surface area contributed by atoms with Gasteiger partial charge in [0.2, 0.25) is 23.6 Å². The number of aliphatic hydroxyl groups excluding tert-OH is 1. The Morgan fingerprint density at radius 2 is 1.10 bits per heavy atom. The van der Waals surface area contributed by atoms with E-state index in [1.54, 1.807) is 117 Å². The van der Waals surface area contributed by atoms with Crippen LogP contribution in [0.5, 0.6) is 0 Å². The summed E-state index contributed by atoms with van der Waals surface area (Å²) in [6.45, 7) is 17.9. The summed E-state index contributed by atoms with van der Waals surface area (Å²) in [5, 5.41) is 25.8. The fraction of sp³-hybridized carbons (Fsp3) is 0.615. The van der Waals surface area contributed by atoms with Crippen LogP contribution >= 0.6 is 0 Å². The van der Waals surface area contributed by atoms with Crippen LogP contribution in [-0.2, 0) is 55.8 Å². The van der Waals surface area contributed by atoms with Crippen LogP contribution in [0.4, 0.5) is 14.4 Å². The molecule has 3 rings (SSSR count). The molecular formula is C52H79N7O13. The van der Waals surface area contributed by atoms with Gasteiger partial charge in [-0.3, -0.25) is 19.2 Å². The molecule has 1 aliphatic rings. The number of ether oxygens (including phenoxy) is 4. The van der Waals surface area contributed by atoms with Crippen LogP contribution in [0, 0.1) is 5.92 Å². The average molecular weight is 1010 g/mol. The topological polar surface area (TPSA) is 269 Å². The number of nitrogens with zero attached hydrogens (tertiary/aromatic N) is 1. The monoisotopic (exact) mass is 1010 g/mol. The van der Waals surface area contributed by atoms with Gasteiger partial charge in [-0.15, -0.1) is 0 Å². The molecule has 7 N–H and O–H groups in total. The van der Waals surface area contributed by atoms with Crippen molar-refractivity contribution in [2.75, 3.05) is 32.8 Å².